The summed E-state index contributed by atoms with van der Waals surface area (Å²) in [4.78, 5) is 6.69. The Hall–Kier alpha value is -2.37. The van der Waals surface area contributed by atoms with Gasteiger partial charge in [0.1, 0.15) is 6.10 Å². The number of aliphatic hydroxyl groups is 1. The molecule has 3 aromatic rings. The van der Waals surface area contributed by atoms with Crippen LogP contribution in [-0.2, 0) is 6.61 Å². The van der Waals surface area contributed by atoms with Crippen molar-refractivity contribution < 1.29 is 9.84 Å². The summed E-state index contributed by atoms with van der Waals surface area (Å²) in [5.41, 5.74) is 5.34. The van der Waals surface area contributed by atoms with Crippen LogP contribution in [0.4, 0.5) is 5.69 Å². The molecule has 5 heteroatoms. The third-order valence-corrected chi connectivity index (χ3v) is 5.56. The Morgan fingerprint density at radius 2 is 2.04 bits per heavy atom. The zero-order chi connectivity index (χ0) is 17.9. The quantitative estimate of drug-likeness (QED) is 0.732. The minimum Gasteiger partial charge on any atom is -0.465 e. The van der Waals surface area contributed by atoms with Crippen LogP contribution in [0.2, 0.25) is 0 Å². The average Bonchev–Trinajstić information content (AvgIpc) is 3.31. The van der Waals surface area contributed by atoms with Gasteiger partial charge in [-0.1, -0.05) is 47.7 Å². The number of rotatable bonds is 5. The molecule has 0 spiro atoms. The van der Waals surface area contributed by atoms with Crippen molar-refractivity contribution in [1.82, 2.24) is 4.98 Å². The molecule has 1 aliphatic heterocycles. The van der Waals surface area contributed by atoms with Crippen molar-refractivity contribution in [3.8, 4) is 16.3 Å². The van der Waals surface area contributed by atoms with Gasteiger partial charge in [0.25, 0.3) is 5.19 Å². The molecule has 2 aromatic carbocycles. The summed E-state index contributed by atoms with van der Waals surface area (Å²) in [7, 11) is 0. The molecule has 0 aliphatic carbocycles. The highest BCUT2D eigenvalue weighted by atomic mass is 32.1. The number of thiazole rings is 1. The first kappa shape index (κ1) is 17.1. The number of benzene rings is 2. The van der Waals surface area contributed by atoms with E-state index in [0.717, 1.165) is 52.8 Å². The normalized spacial score (nSPS) is 16.8. The standard InChI is InChI=1S/C21H22N2O2S/c1-15-14-26-21(22-15)25-19-9-10-23(12-19)20-8-7-17(11-18(20)13-24)16-5-3-2-4-6-16/h2-8,11,14,19,24H,9-10,12-13H2,1H3/t19-/m0/s1. The first-order valence-electron chi connectivity index (χ1n) is 8.86. The smallest absolute Gasteiger partial charge is 0.273 e. The van der Waals surface area contributed by atoms with Gasteiger partial charge in [-0.25, -0.2) is 4.98 Å². The Morgan fingerprint density at radius 3 is 2.77 bits per heavy atom. The minimum absolute atomic E-state index is 0.0315. The molecule has 1 atom stereocenters. The summed E-state index contributed by atoms with van der Waals surface area (Å²) >= 11 is 1.55. The summed E-state index contributed by atoms with van der Waals surface area (Å²) in [5.74, 6) is 0. The van der Waals surface area contributed by atoms with Crippen molar-refractivity contribution in [1.29, 1.82) is 0 Å². The highest BCUT2D eigenvalue weighted by Gasteiger charge is 2.26. The van der Waals surface area contributed by atoms with Gasteiger partial charge in [-0.05, 0) is 30.2 Å². The van der Waals surface area contributed by atoms with Gasteiger partial charge in [0.2, 0.25) is 0 Å². The second kappa shape index (κ2) is 7.48. The summed E-state index contributed by atoms with van der Waals surface area (Å²) in [5, 5.41) is 12.6. The van der Waals surface area contributed by atoms with E-state index in [9.17, 15) is 5.11 Å². The number of aromatic nitrogens is 1. The first-order chi connectivity index (χ1) is 12.7. The monoisotopic (exact) mass is 366 g/mol. The molecular weight excluding hydrogens is 344 g/mol. The first-order valence-corrected chi connectivity index (χ1v) is 9.74. The topological polar surface area (TPSA) is 45.6 Å². The van der Waals surface area contributed by atoms with Crippen molar-refractivity contribution >= 4 is 17.0 Å². The number of aryl methyl sites for hydroxylation is 1. The molecule has 2 heterocycles. The van der Waals surface area contributed by atoms with Crippen LogP contribution in [0.5, 0.6) is 5.19 Å². The van der Waals surface area contributed by atoms with Gasteiger partial charge in [0, 0.05) is 29.6 Å². The fraction of sp³-hybridized carbons (Fsp3) is 0.286. The van der Waals surface area contributed by atoms with E-state index in [2.05, 4.69) is 40.2 Å². The second-order valence-corrected chi connectivity index (χ2v) is 7.42. The lowest BCUT2D eigenvalue weighted by molar-refractivity contribution is 0.223. The predicted octanol–water partition coefficient (Wildman–Crippen LogP) is 4.27. The summed E-state index contributed by atoms with van der Waals surface area (Å²) in [6, 6.07) is 16.6. The highest BCUT2D eigenvalue weighted by Crippen LogP contribution is 2.31. The fourth-order valence-corrected chi connectivity index (χ4v) is 4.12. The van der Waals surface area contributed by atoms with Crippen LogP contribution in [0, 0.1) is 6.92 Å². The summed E-state index contributed by atoms with van der Waals surface area (Å²) in [6.07, 6.45) is 1.10. The zero-order valence-electron chi connectivity index (χ0n) is 14.8. The van der Waals surface area contributed by atoms with Crippen LogP contribution in [0.15, 0.2) is 53.9 Å². The van der Waals surface area contributed by atoms with E-state index < -0.39 is 0 Å². The third-order valence-electron chi connectivity index (χ3n) is 4.71. The molecule has 134 valence electrons. The number of hydrogen-bond donors (Lipinski definition) is 1. The molecule has 26 heavy (non-hydrogen) atoms. The molecule has 0 saturated carbocycles. The number of hydrogen-bond acceptors (Lipinski definition) is 5. The lowest BCUT2D eigenvalue weighted by atomic mass is 10.0. The number of ether oxygens (including phenoxy) is 1. The van der Waals surface area contributed by atoms with Gasteiger partial charge >= 0.3 is 0 Å². The molecule has 0 bridgehead atoms. The molecule has 1 N–H and O–H groups in total. The molecular formula is C21H22N2O2S. The van der Waals surface area contributed by atoms with Crippen molar-refractivity contribution in [3.05, 3.63) is 65.2 Å². The lowest BCUT2D eigenvalue weighted by Crippen LogP contribution is -2.25. The molecule has 0 radical (unpaired) electrons. The highest BCUT2D eigenvalue weighted by molar-refractivity contribution is 7.11. The fourth-order valence-electron chi connectivity index (χ4n) is 3.40. The molecule has 0 unspecified atom stereocenters. The van der Waals surface area contributed by atoms with E-state index in [1.54, 1.807) is 11.3 Å². The van der Waals surface area contributed by atoms with E-state index in [4.69, 9.17) is 4.74 Å². The van der Waals surface area contributed by atoms with Crippen LogP contribution in [0.3, 0.4) is 0 Å². The lowest BCUT2D eigenvalue weighted by Gasteiger charge is -2.22. The number of nitrogens with zero attached hydrogens (tertiary/aromatic N) is 2. The van der Waals surface area contributed by atoms with Gasteiger partial charge in [-0.3, -0.25) is 0 Å². The van der Waals surface area contributed by atoms with Crippen LogP contribution in [0.25, 0.3) is 11.1 Å². The summed E-state index contributed by atoms with van der Waals surface area (Å²) in [6.45, 7) is 3.75. The van der Waals surface area contributed by atoms with Crippen LogP contribution in [0.1, 0.15) is 17.7 Å². The average molecular weight is 366 g/mol. The third kappa shape index (κ3) is 3.59. The number of anilines is 1. The van der Waals surface area contributed by atoms with Crippen LogP contribution >= 0.6 is 11.3 Å². The summed E-state index contributed by atoms with van der Waals surface area (Å²) < 4.78 is 6.02. The van der Waals surface area contributed by atoms with Gasteiger partial charge in [-0.15, -0.1) is 0 Å². The van der Waals surface area contributed by atoms with E-state index in [0.29, 0.717) is 0 Å². The molecule has 4 rings (SSSR count). The van der Waals surface area contributed by atoms with Gasteiger partial charge in [-0.2, -0.15) is 0 Å². The number of aliphatic hydroxyl groups excluding tert-OH is 1. The Balaban J connectivity index is 1.50. The van der Waals surface area contributed by atoms with E-state index >= 15 is 0 Å². The molecule has 1 aromatic heterocycles. The van der Waals surface area contributed by atoms with Crippen LogP contribution in [-0.4, -0.2) is 29.3 Å². The van der Waals surface area contributed by atoms with Crippen LogP contribution < -0.4 is 9.64 Å². The van der Waals surface area contributed by atoms with E-state index in [1.807, 2.05) is 30.5 Å². The van der Waals surface area contributed by atoms with Crippen molar-refractivity contribution in [2.45, 2.75) is 26.1 Å². The SMILES string of the molecule is Cc1csc(O[C@H]2CCN(c3ccc(-c4ccccc4)cc3CO)C2)n1. The van der Waals surface area contributed by atoms with Gasteiger partial charge < -0.3 is 14.7 Å². The van der Waals surface area contributed by atoms with Crippen molar-refractivity contribution in [3.63, 3.8) is 0 Å². The molecule has 1 fully saturated rings. The Morgan fingerprint density at radius 1 is 1.19 bits per heavy atom. The zero-order valence-corrected chi connectivity index (χ0v) is 15.6. The van der Waals surface area contributed by atoms with E-state index in [1.165, 1.54) is 0 Å². The predicted molar refractivity (Wildman–Crippen MR) is 106 cm³/mol. The maximum atomic E-state index is 9.89. The second-order valence-electron chi connectivity index (χ2n) is 6.60. The molecule has 1 saturated heterocycles. The Kier molecular flexibility index (Phi) is 4.91. The Labute approximate surface area is 157 Å². The molecule has 1 aliphatic rings. The molecule has 0 amide bonds. The maximum absolute atomic E-state index is 9.89. The minimum atomic E-state index is 0.0315. The largest absolute Gasteiger partial charge is 0.465 e. The van der Waals surface area contributed by atoms with Gasteiger partial charge in [0.15, 0.2) is 0 Å². The molecule has 4 nitrogen and oxygen atoms in total. The van der Waals surface area contributed by atoms with Crippen molar-refractivity contribution in [2.75, 3.05) is 18.0 Å². The van der Waals surface area contributed by atoms with E-state index in [-0.39, 0.29) is 12.7 Å². The van der Waals surface area contributed by atoms with Crippen molar-refractivity contribution in [2.24, 2.45) is 0 Å². The van der Waals surface area contributed by atoms with Gasteiger partial charge in [0.05, 0.1) is 18.8 Å². The Bertz CT molecular complexity index is 879. The maximum Gasteiger partial charge on any atom is 0.273 e.